The number of nitrogens with zero attached hydrogens (tertiary/aromatic N) is 1. The maximum Gasteiger partial charge on any atom is 0.227 e. The van der Waals surface area contributed by atoms with Crippen LogP contribution in [0.1, 0.15) is 18.4 Å². The third kappa shape index (κ3) is 5.62. The highest BCUT2D eigenvalue weighted by Gasteiger charge is 2.25. The zero-order valence-corrected chi connectivity index (χ0v) is 18.5. The van der Waals surface area contributed by atoms with E-state index in [9.17, 15) is 14.3 Å². The van der Waals surface area contributed by atoms with Gasteiger partial charge in [0, 0.05) is 23.7 Å². The molecule has 3 aromatic carbocycles. The molecule has 0 aromatic heterocycles. The standard InChI is InChI=1S/C26H27FN2O4/c1-32-24-8-4-5-19(25(24)30)17-29-15-13-18(14-16-29)26(31)28-20-9-11-21(12-10-20)33-23-7-3-2-6-22(23)27/h2-12,18,30H,13-17H2,1H3,(H,28,31). The van der Waals surface area contributed by atoms with Gasteiger partial charge < -0.3 is 19.9 Å². The van der Waals surface area contributed by atoms with Crippen molar-refractivity contribution in [3.8, 4) is 23.0 Å². The summed E-state index contributed by atoms with van der Waals surface area (Å²) in [4.78, 5) is 15.0. The van der Waals surface area contributed by atoms with Crippen molar-refractivity contribution in [2.24, 2.45) is 5.92 Å². The summed E-state index contributed by atoms with van der Waals surface area (Å²) < 4.78 is 24.5. The number of rotatable bonds is 7. The van der Waals surface area contributed by atoms with E-state index in [1.807, 2.05) is 12.1 Å². The molecule has 1 aliphatic heterocycles. The Balaban J connectivity index is 1.27. The van der Waals surface area contributed by atoms with E-state index in [-0.39, 0.29) is 23.3 Å². The van der Waals surface area contributed by atoms with Gasteiger partial charge in [0.2, 0.25) is 5.91 Å². The van der Waals surface area contributed by atoms with E-state index in [0.717, 1.165) is 31.5 Å². The Morgan fingerprint density at radius 1 is 1.03 bits per heavy atom. The SMILES string of the molecule is COc1cccc(CN2CCC(C(=O)Nc3ccc(Oc4ccccc4F)cc3)CC2)c1O. The zero-order chi connectivity index (χ0) is 23.2. The number of piperidine rings is 1. The summed E-state index contributed by atoms with van der Waals surface area (Å²) in [5.74, 6) is 0.767. The van der Waals surface area contributed by atoms with Crippen molar-refractivity contribution in [3.05, 3.63) is 78.1 Å². The largest absolute Gasteiger partial charge is 0.504 e. The van der Waals surface area contributed by atoms with E-state index in [2.05, 4.69) is 10.2 Å². The minimum absolute atomic E-state index is 0.0124. The van der Waals surface area contributed by atoms with Crippen molar-refractivity contribution in [1.82, 2.24) is 4.90 Å². The molecule has 1 fully saturated rings. The molecule has 33 heavy (non-hydrogen) atoms. The molecule has 1 aliphatic rings. The Hall–Kier alpha value is -3.58. The Labute approximate surface area is 192 Å². The van der Waals surface area contributed by atoms with Crippen molar-refractivity contribution in [1.29, 1.82) is 0 Å². The zero-order valence-electron chi connectivity index (χ0n) is 18.5. The van der Waals surface area contributed by atoms with Crippen LogP contribution in [0.25, 0.3) is 0 Å². The van der Waals surface area contributed by atoms with Crippen LogP contribution in [0.4, 0.5) is 10.1 Å². The number of amides is 1. The first kappa shape index (κ1) is 22.6. The first-order chi connectivity index (χ1) is 16.0. The van der Waals surface area contributed by atoms with Crippen LogP contribution in [0.2, 0.25) is 0 Å². The third-order valence-corrected chi connectivity index (χ3v) is 5.84. The molecular weight excluding hydrogens is 423 g/mol. The van der Waals surface area contributed by atoms with Crippen molar-refractivity contribution >= 4 is 11.6 Å². The molecule has 2 N–H and O–H groups in total. The summed E-state index contributed by atoms with van der Waals surface area (Å²) in [5.41, 5.74) is 1.49. The summed E-state index contributed by atoms with van der Waals surface area (Å²) in [5, 5.41) is 13.3. The smallest absolute Gasteiger partial charge is 0.227 e. The van der Waals surface area contributed by atoms with E-state index >= 15 is 0 Å². The average molecular weight is 451 g/mol. The molecule has 172 valence electrons. The predicted octanol–water partition coefficient (Wildman–Crippen LogP) is 5.18. The number of carbonyl (C=O) groups excluding carboxylic acids is 1. The third-order valence-electron chi connectivity index (χ3n) is 5.84. The molecule has 1 heterocycles. The number of methoxy groups -OCH3 is 1. The number of aromatic hydroxyl groups is 1. The van der Waals surface area contributed by atoms with Gasteiger partial charge in [-0.2, -0.15) is 0 Å². The fourth-order valence-electron chi connectivity index (χ4n) is 3.96. The van der Waals surface area contributed by atoms with Crippen LogP contribution >= 0.6 is 0 Å². The second-order valence-electron chi connectivity index (χ2n) is 8.06. The molecule has 0 radical (unpaired) electrons. The van der Waals surface area contributed by atoms with Crippen LogP contribution in [-0.2, 0) is 11.3 Å². The molecule has 7 heteroatoms. The first-order valence-corrected chi connectivity index (χ1v) is 10.9. The second kappa shape index (κ2) is 10.4. The van der Waals surface area contributed by atoms with Crippen LogP contribution in [0.5, 0.6) is 23.0 Å². The first-order valence-electron chi connectivity index (χ1n) is 10.9. The van der Waals surface area contributed by atoms with E-state index < -0.39 is 5.82 Å². The van der Waals surface area contributed by atoms with Crippen LogP contribution in [0.15, 0.2) is 66.7 Å². The highest BCUT2D eigenvalue weighted by Crippen LogP contribution is 2.31. The topological polar surface area (TPSA) is 71.0 Å². The van der Waals surface area contributed by atoms with Crippen LogP contribution in [0.3, 0.4) is 0 Å². The van der Waals surface area contributed by atoms with Crippen LogP contribution in [-0.4, -0.2) is 36.1 Å². The van der Waals surface area contributed by atoms with Crippen molar-refractivity contribution in [2.75, 3.05) is 25.5 Å². The molecular formula is C26H27FN2O4. The lowest BCUT2D eigenvalue weighted by molar-refractivity contribution is -0.121. The quantitative estimate of drug-likeness (QED) is 0.519. The van der Waals surface area contributed by atoms with E-state index in [0.29, 0.717) is 23.7 Å². The number of nitrogens with one attached hydrogen (secondary N) is 1. The Bertz CT molecular complexity index is 1100. The monoisotopic (exact) mass is 450 g/mol. The predicted molar refractivity (Wildman–Crippen MR) is 124 cm³/mol. The normalized spacial score (nSPS) is 14.6. The summed E-state index contributed by atoms with van der Waals surface area (Å²) in [6.45, 7) is 2.15. The van der Waals surface area contributed by atoms with Gasteiger partial charge in [-0.1, -0.05) is 24.3 Å². The highest BCUT2D eigenvalue weighted by molar-refractivity contribution is 5.92. The number of phenols is 1. The second-order valence-corrected chi connectivity index (χ2v) is 8.06. The minimum atomic E-state index is -0.428. The Morgan fingerprint density at radius 3 is 2.42 bits per heavy atom. The molecule has 1 amide bonds. The van der Waals surface area contributed by atoms with Crippen molar-refractivity contribution in [3.63, 3.8) is 0 Å². The molecule has 0 atom stereocenters. The summed E-state index contributed by atoms with van der Waals surface area (Å²) in [6, 6.07) is 18.6. The molecule has 0 unspecified atom stereocenters. The number of carbonyl (C=O) groups is 1. The number of anilines is 1. The van der Waals surface area contributed by atoms with Gasteiger partial charge in [-0.25, -0.2) is 4.39 Å². The number of ether oxygens (including phenoxy) is 2. The lowest BCUT2D eigenvalue weighted by Crippen LogP contribution is -2.37. The van der Waals surface area contributed by atoms with Crippen molar-refractivity contribution < 1.29 is 23.8 Å². The van der Waals surface area contributed by atoms with Gasteiger partial charge in [0.25, 0.3) is 0 Å². The maximum atomic E-state index is 13.7. The Morgan fingerprint density at radius 2 is 1.73 bits per heavy atom. The van der Waals surface area contributed by atoms with Gasteiger partial charge in [0.15, 0.2) is 23.1 Å². The number of benzene rings is 3. The molecule has 0 bridgehead atoms. The molecule has 6 nitrogen and oxygen atoms in total. The van der Waals surface area contributed by atoms with Gasteiger partial charge >= 0.3 is 0 Å². The molecule has 3 aromatic rings. The number of hydrogen-bond acceptors (Lipinski definition) is 5. The maximum absolute atomic E-state index is 13.7. The lowest BCUT2D eigenvalue weighted by Gasteiger charge is -2.31. The fourth-order valence-corrected chi connectivity index (χ4v) is 3.96. The molecule has 0 spiro atoms. The van der Waals surface area contributed by atoms with Crippen LogP contribution in [0, 0.1) is 11.7 Å². The van der Waals surface area contributed by atoms with Gasteiger partial charge in [-0.05, 0) is 68.4 Å². The Kier molecular flexibility index (Phi) is 7.10. The number of para-hydroxylation sites is 2. The average Bonchev–Trinajstić information content (AvgIpc) is 2.83. The molecule has 4 rings (SSSR count). The number of likely N-dealkylation sites (tertiary alicyclic amines) is 1. The number of halogens is 1. The summed E-state index contributed by atoms with van der Waals surface area (Å²) in [6.07, 6.45) is 1.48. The number of hydrogen-bond donors (Lipinski definition) is 2. The summed E-state index contributed by atoms with van der Waals surface area (Å²) in [7, 11) is 1.53. The summed E-state index contributed by atoms with van der Waals surface area (Å²) >= 11 is 0. The molecule has 0 saturated carbocycles. The van der Waals surface area contributed by atoms with E-state index in [4.69, 9.17) is 9.47 Å². The van der Waals surface area contributed by atoms with E-state index in [1.54, 1.807) is 48.5 Å². The van der Waals surface area contributed by atoms with Gasteiger partial charge in [-0.15, -0.1) is 0 Å². The fraction of sp³-hybridized carbons (Fsp3) is 0.269. The van der Waals surface area contributed by atoms with Gasteiger partial charge in [-0.3, -0.25) is 9.69 Å². The lowest BCUT2D eigenvalue weighted by atomic mass is 9.95. The van der Waals surface area contributed by atoms with E-state index in [1.165, 1.54) is 13.2 Å². The van der Waals surface area contributed by atoms with Gasteiger partial charge in [0.1, 0.15) is 5.75 Å². The minimum Gasteiger partial charge on any atom is -0.504 e. The molecule has 0 aliphatic carbocycles. The van der Waals surface area contributed by atoms with Crippen LogP contribution < -0.4 is 14.8 Å². The van der Waals surface area contributed by atoms with Crippen molar-refractivity contribution in [2.45, 2.75) is 19.4 Å². The number of phenolic OH excluding ortho intramolecular Hbond substituents is 1. The highest BCUT2D eigenvalue weighted by atomic mass is 19.1. The van der Waals surface area contributed by atoms with Gasteiger partial charge in [0.05, 0.1) is 7.11 Å². The molecule has 1 saturated heterocycles.